The monoisotopic (exact) mass is 287 g/mol. The summed E-state index contributed by atoms with van der Waals surface area (Å²) in [6, 6.07) is 8.97. The number of aromatic nitrogens is 1. The van der Waals surface area contributed by atoms with Gasteiger partial charge in [-0.05, 0) is 18.6 Å². The van der Waals surface area contributed by atoms with Crippen LogP contribution in [0.5, 0.6) is 5.75 Å². The third-order valence-electron chi connectivity index (χ3n) is 3.04. The number of rotatable bonds is 6. The minimum atomic E-state index is -0.582. The molecule has 2 rings (SSSR count). The van der Waals surface area contributed by atoms with Crippen LogP contribution in [0.4, 0.5) is 0 Å². The number of aldehydes is 1. The lowest BCUT2D eigenvalue weighted by Gasteiger charge is -2.13. The summed E-state index contributed by atoms with van der Waals surface area (Å²) in [5.74, 6) is 0.185. The second kappa shape index (κ2) is 6.81. The van der Waals surface area contributed by atoms with Crippen molar-refractivity contribution < 1.29 is 14.3 Å². The van der Waals surface area contributed by atoms with Crippen molar-refractivity contribution in [2.24, 2.45) is 5.73 Å². The summed E-state index contributed by atoms with van der Waals surface area (Å²) in [4.78, 5) is 26.7. The highest BCUT2D eigenvalue weighted by Crippen LogP contribution is 2.24. The summed E-state index contributed by atoms with van der Waals surface area (Å²) in [5, 5.41) is 3.44. The van der Waals surface area contributed by atoms with Gasteiger partial charge in [0.05, 0.1) is 18.8 Å². The molecule has 1 aromatic heterocycles. The van der Waals surface area contributed by atoms with E-state index in [0.717, 1.165) is 11.7 Å². The van der Waals surface area contributed by atoms with Crippen LogP contribution in [0, 0.1) is 0 Å². The van der Waals surface area contributed by atoms with Gasteiger partial charge in [-0.15, -0.1) is 0 Å². The van der Waals surface area contributed by atoms with Gasteiger partial charge in [0.25, 0.3) is 5.91 Å². The molecule has 110 valence electrons. The van der Waals surface area contributed by atoms with E-state index in [1.165, 1.54) is 0 Å². The Hall–Kier alpha value is -2.47. The van der Waals surface area contributed by atoms with Gasteiger partial charge in [0.15, 0.2) is 0 Å². The second-order valence-corrected chi connectivity index (χ2v) is 4.55. The predicted molar refractivity (Wildman–Crippen MR) is 79.0 cm³/mol. The van der Waals surface area contributed by atoms with E-state index in [1.54, 1.807) is 19.2 Å². The fourth-order valence-corrected chi connectivity index (χ4v) is 1.99. The molecule has 0 bridgehead atoms. The Labute approximate surface area is 122 Å². The number of fused-ring (bicyclic) bond motifs is 1. The molecular weight excluding hydrogens is 270 g/mol. The summed E-state index contributed by atoms with van der Waals surface area (Å²) < 4.78 is 5.29. The molecule has 0 aliphatic heterocycles. The van der Waals surface area contributed by atoms with Crippen molar-refractivity contribution in [3.8, 4) is 5.75 Å². The first-order chi connectivity index (χ1) is 10.2. The third kappa shape index (κ3) is 3.55. The number of para-hydroxylation sites is 1. The number of ether oxygens (including phenoxy) is 1. The number of hydrogen-bond acceptors (Lipinski definition) is 5. The molecule has 6 heteroatoms. The molecule has 0 aliphatic carbocycles. The van der Waals surface area contributed by atoms with E-state index < -0.39 is 12.1 Å². The van der Waals surface area contributed by atoms with E-state index in [1.807, 2.05) is 18.2 Å². The first-order valence-electron chi connectivity index (χ1n) is 6.59. The van der Waals surface area contributed by atoms with Crippen LogP contribution in [0.25, 0.3) is 10.9 Å². The second-order valence-electron chi connectivity index (χ2n) is 4.55. The molecule has 0 aliphatic rings. The Morgan fingerprint density at radius 3 is 2.95 bits per heavy atom. The number of carbonyl (C=O) groups excluding carboxylic acids is 2. The van der Waals surface area contributed by atoms with E-state index in [9.17, 15) is 9.59 Å². The molecule has 0 unspecified atom stereocenters. The number of pyridine rings is 1. The van der Waals surface area contributed by atoms with Gasteiger partial charge < -0.3 is 20.6 Å². The molecule has 0 saturated carbocycles. The van der Waals surface area contributed by atoms with Gasteiger partial charge in [0.2, 0.25) is 0 Å². The standard InChI is InChI=1S/C15H17N3O3/c1-21-13-9-12(15(20)18-14(16)7-4-8-19)17-11-6-3-2-5-10(11)13/h2-3,5-6,8-9,14H,4,7,16H2,1H3,(H,18,20)/t14-/m0/s1. The number of nitrogens with zero attached hydrogens (tertiary/aromatic N) is 1. The maximum atomic E-state index is 12.1. The van der Waals surface area contributed by atoms with Crippen molar-refractivity contribution in [3.63, 3.8) is 0 Å². The lowest BCUT2D eigenvalue weighted by Crippen LogP contribution is -2.41. The van der Waals surface area contributed by atoms with Crippen molar-refractivity contribution >= 4 is 23.1 Å². The van der Waals surface area contributed by atoms with Gasteiger partial charge in [0.1, 0.15) is 17.7 Å². The number of amides is 1. The predicted octanol–water partition coefficient (Wildman–Crippen LogP) is 1.24. The summed E-state index contributed by atoms with van der Waals surface area (Å²) in [6.45, 7) is 0. The summed E-state index contributed by atoms with van der Waals surface area (Å²) in [6.07, 6.45) is 0.876. The number of carbonyl (C=O) groups is 2. The molecule has 0 saturated heterocycles. The molecule has 1 aromatic carbocycles. The fraction of sp³-hybridized carbons (Fsp3) is 0.267. The maximum Gasteiger partial charge on any atom is 0.271 e. The van der Waals surface area contributed by atoms with E-state index in [-0.39, 0.29) is 5.69 Å². The molecule has 0 spiro atoms. The van der Waals surface area contributed by atoms with Gasteiger partial charge >= 0.3 is 0 Å². The normalized spacial score (nSPS) is 11.9. The Morgan fingerprint density at radius 2 is 2.24 bits per heavy atom. The Morgan fingerprint density at radius 1 is 1.48 bits per heavy atom. The van der Waals surface area contributed by atoms with Crippen molar-refractivity contribution in [1.29, 1.82) is 0 Å². The van der Waals surface area contributed by atoms with Crippen molar-refractivity contribution in [2.75, 3.05) is 7.11 Å². The van der Waals surface area contributed by atoms with Crippen LogP contribution in [0.2, 0.25) is 0 Å². The number of nitrogens with two attached hydrogens (primary N) is 1. The zero-order chi connectivity index (χ0) is 15.2. The summed E-state index contributed by atoms with van der Waals surface area (Å²) in [5.41, 5.74) is 6.63. The van der Waals surface area contributed by atoms with E-state index >= 15 is 0 Å². The highest BCUT2D eigenvalue weighted by atomic mass is 16.5. The number of benzene rings is 1. The van der Waals surface area contributed by atoms with Crippen LogP contribution in [0.1, 0.15) is 23.3 Å². The van der Waals surface area contributed by atoms with Gasteiger partial charge in [-0.25, -0.2) is 4.98 Å². The molecule has 1 heterocycles. The van der Waals surface area contributed by atoms with Crippen molar-refractivity contribution in [1.82, 2.24) is 10.3 Å². The Balaban J connectivity index is 2.25. The molecule has 2 aromatic rings. The molecule has 6 nitrogen and oxygen atoms in total. The molecule has 0 fully saturated rings. The average molecular weight is 287 g/mol. The van der Waals surface area contributed by atoms with Crippen LogP contribution >= 0.6 is 0 Å². The minimum Gasteiger partial charge on any atom is -0.496 e. The van der Waals surface area contributed by atoms with Gasteiger partial charge in [-0.2, -0.15) is 0 Å². The largest absolute Gasteiger partial charge is 0.496 e. The maximum absolute atomic E-state index is 12.1. The molecule has 21 heavy (non-hydrogen) atoms. The smallest absolute Gasteiger partial charge is 0.271 e. The zero-order valence-corrected chi connectivity index (χ0v) is 11.7. The van der Waals surface area contributed by atoms with Crippen molar-refractivity contribution in [2.45, 2.75) is 19.0 Å². The van der Waals surface area contributed by atoms with E-state index in [4.69, 9.17) is 10.5 Å². The van der Waals surface area contributed by atoms with Gasteiger partial charge in [-0.1, -0.05) is 12.1 Å². The zero-order valence-electron chi connectivity index (χ0n) is 11.7. The SMILES string of the molecule is COc1cc(C(=O)N[C@H](N)CCC=O)nc2ccccc12. The van der Waals surface area contributed by atoms with Crippen LogP contribution in [0.15, 0.2) is 30.3 Å². The Bertz CT molecular complexity index is 658. The van der Waals surface area contributed by atoms with Crippen LogP contribution in [-0.4, -0.2) is 30.5 Å². The lowest BCUT2D eigenvalue weighted by molar-refractivity contribution is -0.108. The highest BCUT2D eigenvalue weighted by molar-refractivity contribution is 5.97. The molecular formula is C15H17N3O3. The van der Waals surface area contributed by atoms with Gasteiger partial charge in [0, 0.05) is 17.9 Å². The quantitative estimate of drug-likeness (QED) is 0.615. The third-order valence-corrected chi connectivity index (χ3v) is 3.04. The van der Waals surface area contributed by atoms with Gasteiger partial charge in [-0.3, -0.25) is 4.79 Å². The molecule has 0 radical (unpaired) electrons. The molecule has 3 N–H and O–H groups in total. The molecule has 1 atom stereocenters. The minimum absolute atomic E-state index is 0.229. The van der Waals surface area contributed by atoms with E-state index in [2.05, 4.69) is 10.3 Å². The average Bonchev–Trinajstić information content (AvgIpc) is 2.51. The highest BCUT2D eigenvalue weighted by Gasteiger charge is 2.14. The first-order valence-corrected chi connectivity index (χ1v) is 6.59. The topological polar surface area (TPSA) is 94.3 Å². The first kappa shape index (κ1) is 14.9. The van der Waals surface area contributed by atoms with Crippen LogP contribution < -0.4 is 15.8 Å². The van der Waals surface area contributed by atoms with E-state index in [0.29, 0.717) is 24.1 Å². The van der Waals surface area contributed by atoms with Crippen LogP contribution in [0.3, 0.4) is 0 Å². The van der Waals surface area contributed by atoms with Crippen LogP contribution in [-0.2, 0) is 4.79 Å². The van der Waals surface area contributed by atoms with Crippen molar-refractivity contribution in [3.05, 3.63) is 36.0 Å². The molecule has 1 amide bonds. The number of methoxy groups -OCH3 is 1. The summed E-state index contributed by atoms with van der Waals surface area (Å²) >= 11 is 0. The summed E-state index contributed by atoms with van der Waals surface area (Å²) in [7, 11) is 1.54. The lowest BCUT2D eigenvalue weighted by atomic mass is 10.1. The Kier molecular flexibility index (Phi) is 4.84. The number of hydrogen-bond donors (Lipinski definition) is 2. The number of nitrogens with one attached hydrogen (secondary N) is 1. The fourth-order valence-electron chi connectivity index (χ4n) is 1.99.